The second kappa shape index (κ2) is 7.72. The van der Waals surface area contributed by atoms with Gasteiger partial charge in [0.15, 0.2) is 5.65 Å². The van der Waals surface area contributed by atoms with Gasteiger partial charge in [0.25, 0.3) is 5.56 Å². The number of halogens is 1. The predicted octanol–water partition coefficient (Wildman–Crippen LogP) is 3.63. The minimum Gasteiger partial charge on any atom is -0.280 e. The Hall–Kier alpha value is -2.12. The van der Waals surface area contributed by atoms with Crippen molar-refractivity contribution in [3.05, 3.63) is 61.5 Å². The van der Waals surface area contributed by atoms with Gasteiger partial charge in [-0.25, -0.2) is 14.8 Å². The molecule has 8 heteroatoms. The highest BCUT2D eigenvalue weighted by Gasteiger charge is 2.24. The van der Waals surface area contributed by atoms with Gasteiger partial charge in [-0.05, 0) is 30.5 Å². The number of hydrogen-bond donors (Lipinski definition) is 0. The molecular formula is C20H21ClN4O2S. The number of hydrogen-bond acceptors (Lipinski definition) is 5. The number of aryl methyl sites for hydroxylation is 1. The minimum absolute atomic E-state index is 0.290. The first-order valence-electron chi connectivity index (χ1n) is 9.30. The summed E-state index contributed by atoms with van der Waals surface area (Å²) in [6, 6.07) is 7.62. The first-order valence-corrected chi connectivity index (χ1v) is 10.7. The van der Waals surface area contributed by atoms with Gasteiger partial charge in [0, 0.05) is 30.8 Å². The first-order chi connectivity index (χ1) is 13.5. The predicted molar refractivity (Wildman–Crippen MR) is 112 cm³/mol. The summed E-state index contributed by atoms with van der Waals surface area (Å²) < 4.78 is 2.57. The van der Waals surface area contributed by atoms with E-state index in [9.17, 15) is 9.59 Å². The van der Waals surface area contributed by atoms with Crippen LogP contribution in [0.4, 0.5) is 0 Å². The third-order valence-electron chi connectivity index (χ3n) is 5.29. The van der Waals surface area contributed by atoms with Crippen LogP contribution in [0.1, 0.15) is 43.0 Å². The lowest BCUT2D eigenvalue weighted by Crippen LogP contribution is -2.38. The van der Waals surface area contributed by atoms with E-state index in [1.807, 2.05) is 24.3 Å². The topological polar surface area (TPSA) is 69.8 Å². The van der Waals surface area contributed by atoms with E-state index in [2.05, 4.69) is 4.98 Å². The van der Waals surface area contributed by atoms with Crippen LogP contribution >= 0.6 is 23.4 Å². The summed E-state index contributed by atoms with van der Waals surface area (Å²) in [6.45, 7) is 0. The average Bonchev–Trinajstić information content (AvgIpc) is 3.24. The lowest BCUT2D eigenvalue weighted by Gasteiger charge is -2.14. The van der Waals surface area contributed by atoms with Crippen molar-refractivity contribution in [1.82, 2.24) is 19.1 Å². The van der Waals surface area contributed by atoms with Crippen molar-refractivity contribution < 1.29 is 0 Å². The number of nitrogens with zero attached hydrogens (tertiary/aromatic N) is 4. The van der Waals surface area contributed by atoms with E-state index in [1.54, 1.807) is 7.05 Å². The summed E-state index contributed by atoms with van der Waals surface area (Å²) in [5, 5.41) is 1.73. The van der Waals surface area contributed by atoms with Gasteiger partial charge in [-0.3, -0.25) is 13.9 Å². The number of benzene rings is 1. The highest BCUT2D eigenvalue weighted by atomic mass is 35.5. The van der Waals surface area contributed by atoms with Crippen molar-refractivity contribution in [3.8, 4) is 0 Å². The molecule has 0 atom stereocenters. The number of rotatable bonds is 4. The monoisotopic (exact) mass is 416 g/mol. The van der Waals surface area contributed by atoms with Gasteiger partial charge in [-0.15, -0.1) is 11.8 Å². The van der Waals surface area contributed by atoms with Gasteiger partial charge in [0.2, 0.25) is 0 Å². The molecule has 1 fully saturated rings. The SMILES string of the molecule is Cn1c(=O)c2c(SCc3ccc(Cl)cc3)nc(C3CCCC3)nc2n(C)c1=O. The molecule has 1 aliphatic rings. The number of aromatic nitrogens is 4. The first kappa shape index (κ1) is 19.2. The summed E-state index contributed by atoms with van der Waals surface area (Å²) in [6.07, 6.45) is 4.42. The van der Waals surface area contributed by atoms with Crippen molar-refractivity contribution in [2.24, 2.45) is 14.1 Å². The zero-order chi connectivity index (χ0) is 19.8. The van der Waals surface area contributed by atoms with Crippen LogP contribution in [0.15, 0.2) is 38.9 Å². The van der Waals surface area contributed by atoms with Crippen LogP contribution < -0.4 is 11.2 Å². The second-order valence-electron chi connectivity index (χ2n) is 7.19. The van der Waals surface area contributed by atoms with E-state index in [4.69, 9.17) is 16.6 Å². The van der Waals surface area contributed by atoms with E-state index in [-0.39, 0.29) is 11.2 Å². The molecule has 0 saturated heterocycles. The molecular weight excluding hydrogens is 396 g/mol. The van der Waals surface area contributed by atoms with Gasteiger partial charge < -0.3 is 0 Å². The molecule has 2 heterocycles. The Morgan fingerprint density at radius 3 is 2.43 bits per heavy atom. The molecule has 0 N–H and O–H groups in total. The molecule has 0 spiro atoms. The van der Waals surface area contributed by atoms with E-state index < -0.39 is 0 Å². The van der Waals surface area contributed by atoms with Crippen LogP contribution in [0, 0.1) is 0 Å². The van der Waals surface area contributed by atoms with E-state index in [0.717, 1.165) is 41.6 Å². The fourth-order valence-corrected chi connectivity index (χ4v) is 4.75. The molecule has 0 aliphatic heterocycles. The lowest BCUT2D eigenvalue weighted by atomic mass is 10.1. The van der Waals surface area contributed by atoms with Crippen molar-refractivity contribution in [3.63, 3.8) is 0 Å². The largest absolute Gasteiger partial charge is 0.332 e. The molecule has 2 aromatic heterocycles. The summed E-state index contributed by atoms with van der Waals surface area (Å²) in [4.78, 5) is 34.7. The standard InChI is InChI=1S/C20H21ClN4O2S/c1-24-17-15(19(26)25(2)20(24)27)18(23-16(22-17)13-5-3-4-6-13)28-11-12-7-9-14(21)10-8-12/h7-10,13H,3-6,11H2,1-2H3. The smallest absolute Gasteiger partial charge is 0.280 e. The van der Waals surface area contributed by atoms with Crippen LogP contribution in [0.5, 0.6) is 0 Å². The summed E-state index contributed by atoms with van der Waals surface area (Å²) in [7, 11) is 3.14. The van der Waals surface area contributed by atoms with Gasteiger partial charge >= 0.3 is 5.69 Å². The third-order valence-corrected chi connectivity index (χ3v) is 6.59. The maximum atomic E-state index is 12.8. The maximum Gasteiger partial charge on any atom is 0.332 e. The van der Waals surface area contributed by atoms with E-state index in [1.165, 1.54) is 23.4 Å². The van der Waals surface area contributed by atoms with Crippen LogP contribution in [-0.4, -0.2) is 19.1 Å². The molecule has 146 valence electrons. The number of fused-ring (bicyclic) bond motifs is 1. The van der Waals surface area contributed by atoms with Gasteiger partial charge in [0.05, 0.1) is 0 Å². The average molecular weight is 417 g/mol. The van der Waals surface area contributed by atoms with Gasteiger partial charge in [-0.1, -0.05) is 36.6 Å². The second-order valence-corrected chi connectivity index (χ2v) is 8.59. The molecule has 28 heavy (non-hydrogen) atoms. The Labute approximate surface area is 171 Å². The van der Waals surface area contributed by atoms with Crippen LogP contribution in [-0.2, 0) is 19.8 Å². The Balaban J connectivity index is 1.85. The van der Waals surface area contributed by atoms with Crippen LogP contribution in [0.2, 0.25) is 5.02 Å². The Morgan fingerprint density at radius 2 is 1.75 bits per heavy atom. The minimum atomic E-state index is -0.373. The molecule has 6 nitrogen and oxygen atoms in total. The Kier molecular flexibility index (Phi) is 5.29. The zero-order valence-electron chi connectivity index (χ0n) is 15.8. The van der Waals surface area contributed by atoms with Crippen molar-refractivity contribution in [1.29, 1.82) is 0 Å². The summed E-state index contributed by atoms with van der Waals surface area (Å²) in [5.41, 5.74) is 0.783. The van der Waals surface area contributed by atoms with Gasteiger partial charge in [0.1, 0.15) is 16.2 Å². The Morgan fingerprint density at radius 1 is 1.07 bits per heavy atom. The molecule has 1 aliphatic carbocycles. The fraction of sp³-hybridized carbons (Fsp3) is 0.400. The quantitative estimate of drug-likeness (QED) is 0.479. The Bertz CT molecular complexity index is 1150. The fourth-order valence-electron chi connectivity index (χ4n) is 3.65. The molecule has 3 aromatic rings. The normalized spacial score (nSPS) is 14.8. The van der Waals surface area contributed by atoms with Crippen molar-refractivity contribution >= 4 is 34.4 Å². The third kappa shape index (κ3) is 3.49. The van der Waals surface area contributed by atoms with Crippen molar-refractivity contribution in [2.75, 3.05) is 0 Å². The highest BCUT2D eigenvalue weighted by molar-refractivity contribution is 7.98. The maximum absolute atomic E-state index is 12.8. The molecule has 0 radical (unpaired) electrons. The molecule has 1 saturated carbocycles. The lowest BCUT2D eigenvalue weighted by molar-refractivity contribution is 0.648. The molecule has 0 amide bonds. The summed E-state index contributed by atoms with van der Waals surface area (Å²) >= 11 is 7.46. The highest BCUT2D eigenvalue weighted by Crippen LogP contribution is 2.34. The van der Waals surface area contributed by atoms with Crippen molar-refractivity contribution in [2.45, 2.75) is 42.4 Å². The molecule has 0 unspecified atom stereocenters. The van der Waals surface area contributed by atoms with Crippen LogP contribution in [0.25, 0.3) is 11.0 Å². The van der Waals surface area contributed by atoms with E-state index >= 15 is 0 Å². The molecule has 4 rings (SSSR count). The van der Waals surface area contributed by atoms with Gasteiger partial charge in [-0.2, -0.15) is 0 Å². The zero-order valence-corrected chi connectivity index (χ0v) is 17.4. The van der Waals surface area contributed by atoms with Crippen LogP contribution in [0.3, 0.4) is 0 Å². The molecule has 1 aromatic carbocycles. The summed E-state index contributed by atoms with van der Waals surface area (Å²) in [5.74, 6) is 1.68. The number of thioether (sulfide) groups is 1. The molecule has 0 bridgehead atoms. The van der Waals surface area contributed by atoms with E-state index in [0.29, 0.717) is 32.8 Å².